The van der Waals surface area contributed by atoms with Gasteiger partial charge in [0, 0.05) is 9.75 Å². The second-order valence-electron chi connectivity index (χ2n) is 7.19. The van der Waals surface area contributed by atoms with Gasteiger partial charge in [-0.2, -0.15) is 0 Å². The van der Waals surface area contributed by atoms with E-state index in [0.29, 0.717) is 10.3 Å². The van der Waals surface area contributed by atoms with Gasteiger partial charge in [-0.15, -0.1) is 22.7 Å². The van der Waals surface area contributed by atoms with Crippen molar-refractivity contribution in [3.8, 4) is 0 Å². The third-order valence-electron chi connectivity index (χ3n) is 5.24. The summed E-state index contributed by atoms with van der Waals surface area (Å²) in [6.07, 6.45) is 8.76. The molecule has 2 N–H and O–H groups in total. The number of carbonyl (C=O) groups is 1. The molecule has 9 heteroatoms. The summed E-state index contributed by atoms with van der Waals surface area (Å²) in [5.41, 5.74) is 2.24. The molecule has 3 aromatic heterocycles. The summed E-state index contributed by atoms with van der Waals surface area (Å²) in [6, 6.07) is 0. The second kappa shape index (κ2) is 7.61. The molecule has 0 spiro atoms. The van der Waals surface area contributed by atoms with Crippen molar-refractivity contribution in [1.29, 1.82) is 0 Å². The molecule has 0 aromatic carbocycles. The lowest BCUT2D eigenvalue weighted by atomic mass is 9.97. The Hall–Kier alpha value is -1.71. The van der Waals surface area contributed by atoms with Crippen LogP contribution >= 0.6 is 34.4 Å². The molecule has 0 fully saturated rings. The predicted octanol–water partition coefficient (Wildman–Crippen LogP) is 3.93. The van der Waals surface area contributed by atoms with Crippen LogP contribution in [-0.2, 0) is 30.5 Å². The number of hydrogen-bond acceptors (Lipinski definition) is 7. The van der Waals surface area contributed by atoms with Crippen molar-refractivity contribution in [2.24, 2.45) is 0 Å². The minimum absolute atomic E-state index is 0.0834. The number of thiazole rings is 1. The number of nitrogens with zero attached hydrogens (tertiary/aromatic N) is 2. The van der Waals surface area contributed by atoms with Crippen molar-refractivity contribution < 1.29 is 4.79 Å². The Morgan fingerprint density at radius 2 is 1.82 bits per heavy atom. The van der Waals surface area contributed by atoms with Crippen molar-refractivity contribution in [3.05, 3.63) is 31.4 Å². The van der Waals surface area contributed by atoms with Gasteiger partial charge in [0.15, 0.2) is 10.3 Å². The molecule has 2 aliphatic carbocycles. The molecule has 0 saturated heterocycles. The summed E-state index contributed by atoms with van der Waals surface area (Å²) in [5, 5.41) is 4.83. The van der Waals surface area contributed by atoms with Gasteiger partial charge in [-0.25, -0.2) is 9.97 Å². The Morgan fingerprint density at radius 1 is 1.04 bits per heavy atom. The summed E-state index contributed by atoms with van der Waals surface area (Å²) in [6.45, 7) is 0. The molecule has 0 radical (unpaired) electrons. The molecule has 0 atom stereocenters. The summed E-state index contributed by atoms with van der Waals surface area (Å²) in [5.74, 6) is 0.0772. The van der Waals surface area contributed by atoms with E-state index in [4.69, 9.17) is 0 Å². The maximum absolute atomic E-state index is 12.6. The van der Waals surface area contributed by atoms with Gasteiger partial charge in [-0.3, -0.25) is 9.59 Å². The first kappa shape index (κ1) is 18.3. The number of anilines is 1. The van der Waals surface area contributed by atoms with Gasteiger partial charge >= 0.3 is 0 Å². The average Bonchev–Trinajstić information content (AvgIpc) is 3.26. The van der Waals surface area contributed by atoms with E-state index in [2.05, 4.69) is 20.3 Å². The molecule has 5 rings (SSSR count). The monoisotopic (exact) mass is 432 g/mol. The lowest BCUT2D eigenvalue weighted by molar-refractivity contribution is -0.113. The predicted molar refractivity (Wildman–Crippen MR) is 115 cm³/mol. The van der Waals surface area contributed by atoms with Crippen LogP contribution in [0, 0.1) is 0 Å². The Kier molecular flexibility index (Phi) is 4.98. The Morgan fingerprint density at radius 3 is 2.68 bits per heavy atom. The van der Waals surface area contributed by atoms with Crippen molar-refractivity contribution in [1.82, 2.24) is 15.0 Å². The third-order valence-corrected chi connectivity index (χ3v) is 8.37. The van der Waals surface area contributed by atoms with Crippen LogP contribution in [0.4, 0.5) is 5.13 Å². The summed E-state index contributed by atoms with van der Waals surface area (Å²) >= 11 is 4.47. The van der Waals surface area contributed by atoms with E-state index in [9.17, 15) is 9.59 Å². The number of nitrogens with one attached hydrogen (secondary N) is 2. The smallest absolute Gasteiger partial charge is 0.260 e. The number of fused-ring (bicyclic) bond motifs is 4. The summed E-state index contributed by atoms with van der Waals surface area (Å²) < 4.78 is 0. The fraction of sp³-hybridized carbons (Fsp3) is 0.474. The van der Waals surface area contributed by atoms with E-state index in [1.807, 2.05) is 0 Å². The van der Waals surface area contributed by atoms with Gasteiger partial charge in [0.1, 0.15) is 4.83 Å². The fourth-order valence-electron chi connectivity index (χ4n) is 3.91. The normalized spacial score (nSPS) is 16.0. The minimum Gasteiger partial charge on any atom is -0.301 e. The number of rotatable bonds is 4. The van der Waals surface area contributed by atoms with Gasteiger partial charge in [-0.1, -0.05) is 11.8 Å². The standard InChI is InChI=1S/C19H20N4O2S3/c24-14(21-19-20-11-6-2-4-8-13(11)28-19)9-26-18-22-16(25)15-10-5-1-3-7-12(10)27-17(15)23-18/h1-9H2,(H,20,21,24)(H,22,23,25). The van der Waals surface area contributed by atoms with E-state index < -0.39 is 0 Å². The van der Waals surface area contributed by atoms with E-state index in [1.165, 1.54) is 46.3 Å². The van der Waals surface area contributed by atoms with Gasteiger partial charge in [-0.05, 0) is 56.9 Å². The molecule has 3 aromatic rings. The highest BCUT2D eigenvalue weighted by Crippen LogP contribution is 2.34. The Bertz CT molecular complexity index is 1090. The lowest BCUT2D eigenvalue weighted by Crippen LogP contribution is -2.15. The lowest BCUT2D eigenvalue weighted by Gasteiger charge is -2.09. The number of H-pyrrole nitrogens is 1. The van der Waals surface area contributed by atoms with Crippen molar-refractivity contribution >= 4 is 55.7 Å². The van der Waals surface area contributed by atoms with Crippen molar-refractivity contribution in [3.63, 3.8) is 0 Å². The highest BCUT2D eigenvalue weighted by molar-refractivity contribution is 7.99. The number of amides is 1. The van der Waals surface area contributed by atoms with Crippen LogP contribution in [0.25, 0.3) is 10.2 Å². The van der Waals surface area contributed by atoms with Crippen LogP contribution in [-0.4, -0.2) is 26.6 Å². The third kappa shape index (κ3) is 3.51. The van der Waals surface area contributed by atoms with E-state index in [-0.39, 0.29) is 17.2 Å². The van der Waals surface area contributed by atoms with Crippen LogP contribution in [0.2, 0.25) is 0 Å². The van der Waals surface area contributed by atoms with Crippen molar-refractivity contribution in [2.45, 2.75) is 56.5 Å². The summed E-state index contributed by atoms with van der Waals surface area (Å²) in [4.78, 5) is 40.3. The van der Waals surface area contributed by atoms with Crippen LogP contribution in [0.3, 0.4) is 0 Å². The topological polar surface area (TPSA) is 87.7 Å². The molecule has 0 bridgehead atoms. The number of thioether (sulfide) groups is 1. The molecule has 2 aliphatic rings. The van der Waals surface area contributed by atoms with E-state index >= 15 is 0 Å². The molecule has 0 unspecified atom stereocenters. The largest absolute Gasteiger partial charge is 0.301 e. The molecular formula is C19H20N4O2S3. The molecule has 1 amide bonds. The Balaban J connectivity index is 1.28. The number of aromatic amines is 1. The van der Waals surface area contributed by atoms with Gasteiger partial charge in [0.2, 0.25) is 5.91 Å². The molecule has 0 saturated carbocycles. The van der Waals surface area contributed by atoms with Gasteiger partial charge in [0.05, 0.1) is 16.8 Å². The molecular weight excluding hydrogens is 412 g/mol. The maximum atomic E-state index is 12.6. The van der Waals surface area contributed by atoms with Crippen LogP contribution in [0.1, 0.15) is 46.7 Å². The molecule has 3 heterocycles. The van der Waals surface area contributed by atoms with Crippen molar-refractivity contribution in [2.75, 3.05) is 11.1 Å². The fourth-order valence-corrected chi connectivity index (χ4v) is 6.95. The number of thiophene rings is 1. The zero-order chi connectivity index (χ0) is 19.1. The minimum atomic E-state index is -0.121. The van der Waals surface area contributed by atoms with E-state index in [1.54, 1.807) is 22.7 Å². The molecule has 0 aliphatic heterocycles. The van der Waals surface area contributed by atoms with Crippen LogP contribution in [0.15, 0.2) is 9.95 Å². The number of aromatic nitrogens is 3. The number of aryl methyl sites for hydroxylation is 4. The number of hydrogen-bond donors (Lipinski definition) is 2. The second-order valence-corrected chi connectivity index (χ2v) is 10.3. The zero-order valence-electron chi connectivity index (χ0n) is 15.3. The van der Waals surface area contributed by atoms with E-state index in [0.717, 1.165) is 48.0 Å². The van der Waals surface area contributed by atoms with Crippen LogP contribution < -0.4 is 10.9 Å². The quantitative estimate of drug-likeness (QED) is 0.482. The molecule has 6 nitrogen and oxygen atoms in total. The maximum Gasteiger partial charge on any atom is 0.260 e. The highest BCUT2D eigenvalue weighted by atomic mass is 32.2. The average molecular weight is 433 g/mol. The van der Waals surface area contributed by atoms with Gasteiger partial charge < -0.3 is 10.3 Å². The SMILES string of the molecule is O=C(CSc1nc2sc3c(c2c(=O)[nH]1)CCCC3)Nc1nc2c(s1)CCCC2. The number of carbonyl (C=O) groups excluding carboxylic acids is 1. The molecule has 146 valence electrons. The highest BCUT2D eigenvalue weighted by Gasteiger charge is 2.20. The first-order valence-corrected chi connectivity index (χ1v) is 12.2. The molecule has 28 heavy (non-hydrogen) atoms. The zero-order valence-corrected chi connectivity index (χ0v) is 17.7. The van der Waals surface area contributed by atoms with Crippen LogP contribution in [0.5, 0.6) is 0 Å². The Labute approximate surface area is 174 Å². The summed E-state index contributed by atoms with van der Waals surface area (Å²) in [7, 11) is 0. The first-order valence-electron chi connectivity index (χ1n) is 9.63. The van der Waals surface area contributed by atoms with Gasteiger partial charge in [0.25, 0.3) is 5.56 Å². The first-order chi connectivity index (χ1) is 13.7.